The number of nitrogens with one attached hydrogen (secondary N) is 3. The lowest BCUT2D eigenvalue weighted by Crippen LogP contribution is -2.30. The molecule has 4 rings (SSSR count). The maximum atomic E-state index is 12.0. The third-order valence-corrected chi connectivity index (χ3v) is 8.35. The molecule has 0 spiro atoms. The lowest BCUT2D eigenvalue weighted by molar-refractivity contribution is -0.119. The van der Waals surface area contributed by atoms with Crippen molar-refractivity contribution in [1.29, 1.82) is 0 Å². The van der Waals surface area contributed by atoms with Gasteiger partial charge in [-0.05, 0) is 75.6 Å². The Morgan fingerprint density at radius 3 is 2.32 bits per heavy atom. The Bertz CT molecular complexity index is 1360. The molecule has 242 valence electrons. The van der Waals surface area contributed by atoms with Gasteiger partial charge in [-0.3, -0.25) is 14.1 Å². The Morgan fingerprint density at radius 2 is 1.61 bits per heavy atom. The van der Waals surface area contributed by atoms with Gasteiger partial charge in [-0.25, -0.2) is 4.99 Å². The zero-order valence-electron chi connectivity index (χ0n) is 26.2. The van der Waals surface area contributed by atoms with Crippen LogP contribution < -0.4 is 16.0 Å². The van der Waals surface area contributed by atoms with Crippen molar-refractivity contribution < 1.29 is 22.6 Å². The van der Waals surface area contributed by atoms with Gasteiger partial charge in [0.1, 0.15) is 5.84 Å². The molecule has 0 saturated heterocycles. The number of unbranched alkanes of at least 4 members (excludes halogenated alkanes) is 8. The van der Waals surface area contributed by atoms with Crippen molar-refractivity contribution in [3.8, 4) is 0 Å². The predicted molar refractivity (Wildman–Crippen MR) is 178 cm³/mol. The largest absolute Gasteiger partial charge is 0.385 e. The molecular weight excluding hydrogens is 578 g/mol. The molecule has 4 N–H and O–H groups in total. The summed E-state index contributed by atoms with van der Waals surface area (Å²) in [6.45, 7) is 1.81. The van der Waals surface area contributed by atoms with Gasteiger partial charge in [0, 0.05) is 30.8 Å². The van der Waals surface area contributed by atoms with E-state index < -0.39 is 10.1 Å². The molecule has 0 atom stereocenters. The summed E-state index contributed by atoms with van der Waals surface area (Å²) in [6.07, 6.45) is 12.8. The fourth-order valence-electron chi connectivity index (χ4n) is 5.17. The van der Waals surface area contributed by atoms with Crippen LogP contribution >= 0.6 is 0 Å². The van der Waals surface area contributed by atoms with Crippen molar-refractivity contribution in [2.45, 2.75) is 83.5 Å². The highest BCUT2D eigenvalue weighted by Crippen LogP contribution is 2.26. The fraction of sp³-hybridized carbons (Fsp3) is 0.545. The summed E-state index contributed by atoms with van der Waals surface area (Å²) in [5, 5.41) is 8.88. The average molecular weight is 628 g/mol. The van der Waals surface area contributed by atoms with E-state index in [0.717, 1.165) is 47.7 Å². The number of carbonyl (C=O) groups is 2. The van der Waals surface area contributed by atoms with Gasteiger partial charge in [-0.1, -0.05) is 62.8 Å². The number of fused-ring (bicyclic) bond motifs is 2. The van der Waals surface area contributed by atoms with Crippen LogP contribution in [0.2, 0.25) is 0 Å². The lowest BCUT2D eigenvalue weighted by atomic mass is 10.1. The van der Waals surface area contributed by atoms with Crippen LogP contribution in [0.5, 0.6) is 0 Å². The highest BCUT2D eigenvalue weighted by molar-refractivity contribution is 7.85. The van der Waals surface area contributed by atoms with E-state index >= 15 is 0 Å². The van der Waals surface area contributed by atoms with Crippen molar-refractivity contribution in [3.05, 3.63) is 53.6 Å². The Kier molecular flexibility index (Phi) is 14.8. The third-order valence-electron chi connectivity index (χ3n) is 7.54. The van der Waals surface area contributed by atoms with Crippen LogP contribution in [0, 0.1) is 0 Å². The lowest BCUT2D eigenvalue weighted by Gasteiger charge is -2.08. The van der Waals surface area contributed by atoms with Crippen LogP contribution in [0.15, 0.2) is 47.5 Å². The monoisotopic (exact) mass is 627 g/mol. The van der Waals surface area contributed by atoms with Crippen molar-refractivity contribution in [3.63, 3.8) is 0 Å². The number of anilines is 2. The van der Waals surface area contributed by atoms with E-state index in [0.29, 0.717) is 32.2 Å². The molecule has 0 aromatic heterocycles. The van der Waals surface area contributed by atoms with Gasteiger partial charge in [0.25, 0.3) is 10.1 Å². The number of benzene rings is 2. The minimum Gasteiger partial charge on any atom is -0.385 e. The number of nitrogens with zero attached hydrogens (tertiary/aromatic N) is 2. The highest BCUT2D eigenvalue weighted by Gasteiger charge is 2.17. The standard InChI is InChI=1S/C21H33N3O.C12H16N2O4S/c1-24(2)16-12-8-6-4-3-5-7-9-15-21(25)23-20-17-18-13-10-11-14-19(18)22-20;15-12-7-9-3-4-10(8-11(9)14-12)13-5-1-2-6-19(16,17)18/h10-11,13-14H,3-9,12,15-17H2,1-2H3,(H,22,23,25);3-4,8,13H,1-2,5-7H2,(H,14,15)(H,16,17,18). The van der Waals surface area contributed by atoms with Crippen LogP contribution in [-0.2, 0) is 32.5 Å². The number of hydrogen-bond donors (Lipinski definition) is 4. The van der Waals surface area contributed by atoms with Gasteiger partial charge < -0.3 is 20.9 Å². The molecule has 2 aromatic carbocycles. The van der Waals surface area contributed by atoms with Crippen molar-refractivity contribution in [2.24, 2.45) is 4.99 Å². The Hall–Kier alpha value is -3.28. The zero-order chi connectivity index (χ0) is 31.8. The molecule has 44 heavy (non-hydrogen) atoms. The Labute approximate surface area is 262 Å². The normalized spacial score (nSPS) is 13.5. The van der Waals surface area contributed by atoms with Gasteiger partial charge in [-0.2, -0.15) is 8.42 Å². The van der Waals surface area contributed by atoms with Crippen LogP contribution in [0.3, 0.4) is 0 Å². The molecule has 2 heterocycles. The third kappa shape index (κ3) is 14.0. The summed E-state index contributed by atoms with van der Waals surface area (Å²) in [5.74, 6) is 0.689. The molecular formula is C33H49N5O5S. The zero-order valence-corrected chi connectivity index (χ0v) is 27.1. The van der Waals surface area contributed by atoms with E-state index in [2.05, 4.69) is 46.0 Å². The summed E-state index contributed by atoms with van der Waals surface area (Å²) in [7, 11) is 0.408. The smallest absolute Gasteiger partial charge is 0.264 e. The molecule has 0 saturated carbocycles. The first-order valence-corrected chi connectivity index (χ1v) is 17.4. The number of carbonyl (C=O) groups excluding carboxylic acids is 2. The second kappa shape index (κ2) is 18.5. The molecule has 0 unspecified atom stereocenters. The highest BCUT2D eigenvalue weighted by atomic mass is 32.2. The summed E-state index contributed by atoms with van der Waals surface area (Å²) in [5.41, 5.74) is 4.88. The maximum absolute atomic E-state index is 12.0. The number of aliphatic imine (C=N–C) groups is 1. The minimum absolute atomic E-state index is 0.000280. The van der Waals surface area contributed by atoms with E-state index in [9.17, 15) is 18.0 Å². The van der Waals surface area contributed by atoms with E-state index in [1.807, 2.05) is 36.4 Å². The first kappa shape index (κ1) is 35.2. The minimum atomic E-state index is -3.86. The summed E-state index contributed by atoms with van der Waals surface area (Å²) in [4.78, 5) is 29.9. The SMILES string of the molecule is CN(C)CCCCCCCCCCC(=O)NC1=Nc2ccccc2C1.O=C1Cc2ccc(NCCCCS(=O)(=O)O)cc2N1. The Balaban J connectivity index is 0.000000249. The van der Waals surface area contributed by atoms with Crippen LogP contribution in [-0.4, -0.2) is 68.5 Å². The summed E-state index contributed by atoms with van der Waals surface area (Å²) >= 11 is 0. The van der Waals surface area contributed by atoms with Crippen molar-refractivity contribution in [1.82, 2.24) is 10.2 Å². The van der Waals surface area contributed by atoms with Crippen molar-refractivity contribution in [2.75, 3.05) is 43.6 Å². The first-order chi connectivity index (χ1) is 21.1. The second-order valence-electron chi connectivity index (χ2n) is 11.8. The Morgan fingerprint density at radius 1 is 0.909 bits per heavy atom. The van der Waals surface area contributed by atoms with Crippen LogP contribution in [0.4, 0.5) is 17.1 Å². The molecule has 11 heteroatoms. The molecule has 2 amide bonds. The average Bonchev–Trinajstić information content (AvgIpc) is 3.54. The second-order valence-corrected chi connectivity index (χ2v) is 13.4. The summed E-state index contributed by atoms with van der Waals surface area (Å²) in [6, 6.07) is 13.7. The number of amidine groups is 1. The van der Waals surface area contributed by atoms with E-state index in [4.69, 9.17) is 4.55 Å². The van der Waals surface area contributed by atoms with Crippen molar-refractivity contribution >= 4 is 44.8 Å². The van der Waals surface area contributed by atoms with Crippen LogP contribution in [0.25, 0.3) is 0 Å². The topological polar surface area (TPSA) is 140 Å². The molecule has 2 aliphatic heterocycles. The molecule has 10 nitrogen and oxygen atoms in total. The molecule has 0 bridgehead atoms. The van der Waals surface area contributed by atoms with Gasteiger partial charge in [0.2, 0.25) is 11.8 Å². The van der Waals surface area contributed by atoms with E-state index in [-0.39, 0.29) is 17.6 Å². The molecule has 0 aliphatic carbocycles. The number of amides is 2. The van der Waals surface area contributed by atoms with Gasteiger partial charge in [-0.15, -0.1) is 0 Å². The predicted octanol–water partition coefficient (Wildman–Crippen LogP) is 5.72. The van der Waals surface area contributed by atoms with Crippen LogP contribution in [0.1, 0.15) is 81.8 Å². The van der Waals surface area contributed by atoms with E-state index in [1.54, 1.807) is 0 Å². The van der Waals surface area contributed by atoms with Gasteiger partial charge in [0.15, 0.2) is 0 Å². The number of para-hydroxylation sites is 1. The van der Waals surface area contributed by atoms with Gasteiger partial charge >= 0.3 is 0 Å². The molecule has 0 fully saturated rings. The fourth-order valence-corrected chi connectivity index (χ4v) is 5.74. The quantitative estimate of drug-likeness (QED) is 0.130. The summed E-state index contributed by atoms with van der Waals surface area (Å²) < 4.78 is 29.6. The maximum Gasteiger partial charge on any atom is 0.264 e. The molecule has 0 radical (unpaired) electrons. The molecule has 2 aromatic rings. The first-order valence-electron chi connectivity index (χ1n) is 15.8. The number of rotatable bonds is 17. The molecule has 2 aliphatic rings. The number of hydrogen-bond acceptors (Lipinski definition) is 7. The van der Waals surface area contributed by atoms with E-state index in [1.165, 1.54) is 50.6 Å². The van der Waals surface area contributed by atoms with Gasteiger partial charge in [0.05, 0.1) is 17.9 Å².